The number of hydrogen-bond acceptors (Lipinski definition) is 7. The highest BCUT2D eigenvalue weighted by Crippen LogP contribution is 2.32. The van der Waals surface area contributed by atoms with E-state index in [9.17, 15) is 13.2 Å². The number of benzene rings is 2. The molecule has 0 saturated carbocycles. The Morgan fingerprint density at radius 3 is 2.46 bits per heavy atom. The molecule has 9 nitrogen and oxygen atoms in total. The van der Waals surface area contributed by atoms with Gasteiger partial charge in [0.1, 0.15) is 0 Å². The van der Waals surface area contributed by atoms with Gasteiger partial charge in [0.15, 0.2) is 11.0 Å². The second-order valence-corrected chi connectivity index (χ2v) is 12.1. The van der Waals surface area contributed by atoms with Crippen LogP contribution in [0.3, 0.4) is 0 Å². The first-order chi connectivity index (χ1) is 17.9. The Bertz CT molecular complexity index is 1330. The van der Waals surface area contributed by atoms with Crippen molar-refractivity contribution in [2.45, 2.75) is 35.9 Å². The number of aromatic nitrogens is 3. The first-order valence-corrected chi connectivity index (χ1v) is 15.0. The third-order valence-electron chi connectivity index (χ3n) is 6.82. The number of morpholine rings is 1. The maximum absolute atomic E-state index is 13.3. The Labute approximate surface area is 221 Å². The van der Waals surface area contributed by atoms with E-state index in [1.807, 2.05) is 45.9 Å². The summed E-state index contributed by atoms with van der Waals surface area (Å²) in [5, 5.41) is 9.56. The number of rotatable bonds is 8. The van der Waals surface area contributed by atoms with Gasteiger partial charge < -0.3 is 9.64 Å². The van der Waals surface area contributed by atoms with Gasteiger partial charge in [0.05, 0.1) is 29.9 Å². The van der Waals surface area contributed by atoms with E-state index in [0.717, 1.165) is 31.5 Å². The molecular formula is C26H31N5O4S2. The van der Waals surface area contributed by atoms with Crippen molar-refractivity contribution >= 4 is 27.7 Å². The molecule has 0 radical (unpaired) electrons. The number of hydrogen-bond donors (Lipinski definition) is 0. The second-order valence-electron chi connectivity index (χ2n) is 9.18. The molecule has 2 saturated heterocycles. The van der Waals surface area contributed by atoms with Crippen LogP contribution in [0.25, 0.3) is 11.4 Å². The molecule has 0 aliphatic carbocycles. The summed E-state index contributed by atoms with van der Waals surface area (Å²) in [6.07, 6.45) is 2.09. The molecule has 2 aliphatic rings. The van der Waals surface area contributed by atoms with E-state index in [1.165, 1.54) is 16.1 Å². The molecule has 2 aromatic carbocycles. The average molecular weight is 542 g/mol. The van der Waals surface area contributed by atoms with Crippen molar-refractivity contribution in [2.75, 3.05) is 45.1 Å². The van der Waals surface area contributed by atoms with Crippen LogP contribution in [0, 0.1) is 0 Å². The summed E-state index contributed by atoms with van der Waals surface area (Å²) in [4.78, 5) is 14.8. The predicted molar refractivity (Wildman–Crippen MR) is 142 cm³/mol. The Hall–Kier alpha value is -2.73. The monoisotopic (exact) mass is 541 g/mol. The summed E-state index contributed by atoms with van der Waals surface area (Å²) in [6.45, 7) is 5.11. The summed E-state index contributed by atoms with van der Waals surface area (Å²) >= 11 is 1.37. The van der Waals surface area contributed by atoms with Crippen molar-refractivity contribution in [3.8, 4) is 11.4 Å². The maximum atomic E-state index is 13.3. The van der Waals surface area contributed by atoms with E-state index in [1.54, 1.807) is 18.2 Å². The zero-order valence-corrected chi connectivity index (χ0v) is 22.5. The fourth-order valence-electron chi connectivity index (χ4n) is 4.72. The molecule has 1 amide bonds. The molecular weight excluding hydrogens is 510 g/mol. The van der Waals surface area contributed by atoms with Gasteiger partial charge >= 0.3 is 0 Å². The highest BCUT2D eigenvalue weighted by molar-refractivity contribution is 7.99. The zero-order chi connectivity index (χ0) is 25.8. The predicted octanol–water partition coefficient (Wildman–Crippen LogP) is 3.29. The minimum atomic E-state index is -3.66. The van der Waals surface area contributed by atoms with Gasteiger partial charge in [0.2, 0.25) is 15.9 Å². The van der Waals surface area contributed by atoms with Crippen LogP contribution in [0.1, 0.15) is 31.4 Å². The SMILES string of the molecule is CC(c1ccccc1)n1c(SCC(=O)N2CCCC2)nnc1-c1cccc(S(=O)(=O)N2CCOCC2)c1. The molecule has 11 heteroatoms. The smallest absolute Gasteiger partial charge is 0.243 e. The van der Waals surface area contributed by atoms with Crippen LogP contribution in [-0.4, -0.2) is 83.4 Å². The first kappa shape index (κ1) is 25.9. The van der Waals surface area contributed by atoms with Crippen LogP contribution in [-0.2, 0) is 19.6 Å². The van der Waals surface area contributed by atoms with Crippen molar-refractivity contribution in [2.24, 2.45) is 0 Å². The van der Waals surface area contributed by atoms with Crippen LogP contribution < -0.4 is 0 Å². The molecule has 196 valence electrons. The Balaban J connectivity index is 1.49. The van der Waals surface area contributed by atoms with Gasteiger partial charge in [-0.05, 0) is 37.5 Å². The van der Waals surface area contributed by atoms with Gasteiger partial charge in [0, 0.05) is 31.7 Å². The van der Waals surface area contributed by atoms with Crippen molar-refractivity contribution in [1.82, 2.24) is 24.0 Å². The summed E-state index contributed by atoms with van der Waals surface area (Å²) in [6, 6.07) is 16.7. The summed E-state index contributed by atoms with van der Waals surface area (Å²) < 4.78 is 35.4. The lowest BCUT2D eigenvalue weighted by Gasteiger charge is -2.26. The summed E-state index contributed by atoms with van der Waals surface area (Å²) in [7, 11) is -3.66. The van der Waals surface area contributed by atoms with Crippen LogP contribution in [0.15, 0.2) is 64.6 Å². The Morgan fingerprint density at radius 1 is 1.00 bits per heavy atom. The number of sulfonamides is 1. The number of carbonyl (C=O) groups is 1. The Kier molecular flexibility index (Phi) is 7.94. The lowest BCUT2D eigenvalue weighted by atomic mass is 10.1. The van der Waals surface area contributed by atoms with Crippen molar-refractivity contribution in [1.29, 1.82) is 0 Å². The zero-order valence-electron chi connectivity index (χ0n) is 20.8. The summed E-state index contributed by atoms with van der Waals surface area (Å²) in [5.41, 5.74) is 1.72. The van der Waals surface area contributed by atoms with Crippen LogP contribution in [0.2, 0.25) is 0 Å². The fraction of sp³-hybridized carbons (Fsp3) is 0.423. The highest BCUT2D eigenvalue weighted by Gasteiger charge is 2.28. The van der Waals surface area contributed by atoms with Crippen LogP contribution in [0.4, 0.5) is 0 Å². The van der Waals surface area contributed by atoms with Gasteiger partial charge in [0.25, 0.3) is 0 Å². The minimum absolute atomic E-state index is 0.101. The average Bonchev–Trinajstić information content (AvgIpc) is 3.63. The van der Waals surface area contributed by atoms with Crippen molar-refractivity contribution < 1.29 is 17.9 Å². The van der Waals surface area contributed by atoms with E-state index >= 15 is 0 Å². The van der Waals surface area contributed by atoms with Gasteiger partial charge in [-0.1, -0.05) is 54.2 Å². The van der Waals surface area contributed by atoms with Crippen LogP contribution >= 0.6 is 11.8 Å². The molecule has 0 bridgehead atoms. The molecule has 1 atom stereocenters. The number of thioether (sulfide) groups is 1. The van der Waals surface area contributed by atoms with E-state index in [0.29, 0.717) is 42.8 Å². The molecule has 0 spiro atoms. The summed E-state index contributed by atoms with van der Waals surface area (Å²) in [5.74, 6) is 0.946. The molecule has 2 aliphatic heterocycles. The van der Waals surface area contributed by atoms with Gasteiger partial charge in [-0.25, -0.2) is 8.42 Å². The highest BCUT2D eigenvalue weighted by atomic mass is 32.2. The van der Waals surface area contributed by atoms with Gasteiger partial charge in [-0.2, -0.15) is 4.31 Å². The molecule has 0 N–H and O–H groups in total. The second kappa shape index (κ2) is 11.3. The molecule has 37 heavy (non-hydrogen) atoms. The quantitative estimate of drug-likeness (QED) is 0.404. The van der Waals surface area contributed by atoms with E-state index < -0.39 is 10.0 Å². The van der Waals surface area contributed by atoms with E-state index in [4.69, 9.17) is 4.74 Å². The number of likely N-dealkylation sites (tertiary alicyclic amines) is 1. The largest absolute Gasteiger partial charge is 0.379 e. The molecule has 2 fully saturated rings. The third-order valence-corrected chi connectivity index (χ3v) is 9.64. The minimum Gasteiger partial charge on any atom is -0.379 e. The van der Waals surface area contributed by atoms with E-state index in [2.05, 4.69) is 17.1 Å². The lowest BCUT2D eigenvalue weighted by molar-refractivity contribution is -0.127. The lowest BCUT2D eigenvalue weighted by Crippen LogP contribution is -2.40. The first-order valence-electron chi connectivity index (χ1n) is 12.5. The van der Waals surface area contributed by atoms with E-state index in [-0.39, 0.29) is 22.6 Å². The molecule has 5 rings (SSSR count). The van der Waals surface area contributed by atoms with Gasteiger partial charge in [-0.15, -0.1) is 10.2 Å². The normalized spacial score (nSPS) is 17.7. The van der Waals surface area contributed by atoms with Crippen molar-refractivity contribution in [3.63, 3.8) is 0 Å². The molecule has 3 heterocycles. The van der Waals surface area contributed by atoms with Crippen molar-refractivity contribution in [3.05, 3.63) is 60.2 Å². The maximum Gasteiger partial charge on any atom is 0.243 e. The number of nitrogens with zero attached hydrogens (tertiary/aromatic N) is 5. The van der Waals surface area contributed by atoms with Gasteiger partial charge in [-0.3, -0.25) is 9.36 Å². The third kappa shape index (κ3) is 5.59. The number of amides is 1. The molecule has 1 unspecified atom stereocenters. The molecule has 3 aromatic rings. The number of ether oxygens (including phenoxy) is 1. The van der Waals surface area contributed by atoms with Crippen LogP contribution in [0.5, 0.6) is 0 Å². The topological polar surface area (TPSA) is 97.6 Å². The number of carbonyl (C=O) groups excluding carboxylic acids is 1. The molecule has 1 aromatic heterocycles. The fourth-order valence-corrected chi connectivity index (χ4v) is 7.09. The standard InChI is InChI=1S/C26H31N5O4S2/c1-20(21-8-3-2-4-9-21)31-25(27-28-26(31)36-19-24(32)29-12-5-6-13-29)22-10-7-11-23(18-22)37(33,34)30-14-16-35-17-15-30/h2-4,7-11,18,20H,5-6,12-17,19H2,1H3. The Morgan fingerprint density at radius 2 is 1.73 bits per heavy atom.